The second-order valence-corrected chi connectivity index (χ2v) is 6.39. The molecule has 0 aromatic heterocycles. The van der Waals surface area contributed by atoms with E-state index >= 15 is 0 Å². The number of para-hydroxylation sites is 2. The zero-order valence-electron chi connectivity index (χ0n) is 14.9. The molecule has 0 radical (unpaired) electrons. The quantitative estimate of drug-likeness (QED) is 0.849. The Kier molecular flexibility index (Phi) is 5.71. The monoisotopic (exact) mass is 390 g/mol. The molecule has 0 bridgehead atoms. The lowest BCUT2D eigenvalue weighted by atomic mass is 10.2. The number of amides is 2. The fraction of sp³-hybridized carbons (Fsp3) is 0.263. The zero-order chi connectivity index (χ0) is 19.4. The number of carbonyl (C=O) groups excluding carboxylic acids is 2. The van der Waals surface area contributed by atoms with Gasteiger partial charge in [-0.05, 0) is 30.3 Å². The van der Waals surface area contributed by atoms with Crippen molar-refractivity contribution in [1.82, 2.24) is 4.90 Å². The number of halogens is 1. The number of hydrogen-bond donors (Lipinski definition) is 1. The summed E-state index contributed by atoms with van der Waals surface area (Å²) < 4.78 is 16.4. The van der Waals surface area contributed by atoms with Gasteiger partial charge in [-0.15, -0.1) is 0 Å². The van der Waals surface area contributed by atoms with E-state index in [0.717, 1.165) is 0 Å². The Labute approximate surface area is 161 Å². The molecule has 0 fully saturated rings. The number of benzene rings is 2. The molecule has 2 aromatic rings. The summed E-state index contributed by atoms with van der Waals surface area (Å²) in [4.78, 5) is 26.2. The first-order valence-electron chi connectivity index (χ1n) is 8.25. The van der Waals surface area contributed by atoms with Crippen molar-refractivity contribution in [2.75, 3.05) is 32.6 Å². The van der Waals surface area contributed by atoms with Crippen LogP contribution in [0.5, 0.6) is 17.2 Å². The van der Waals surface area contributed by atoms with Crippen molar-refractivity contribution in [3.63, 3.8) is 0 Å². The molecular formula is C19H19ClN2O5. The summed E-state index contributed by atoms with van der Waals surface area (Å²) in [7, 11) is 3.02. The summed E-state index contributed by atoms with van der Waals surface area (Å²) in [6, 6.07) is 12.0. The highest BCUT2D eigenvalue weighted by atomic mass is 35.5. The highest BCUT2D eigenvalue weighted by Gasteiger charge is 2.30. The van der Waals surface area contributed by atoms with Crippen LogP contribution in [0.1, 0.15) is 0 Å². The Morgan fingerprint density at radius 3 is 2.74 bits per heavy atom. The van der Waals surface area contributed by atoms with Crippen LogP contribution in [0.3, 0.4) is 0 Å². The van der Waals surface area contributed by atoms with Crippen molar-refractivity contribution in [3.05, 3.63) is 47.5 Å². The summed E-state index contributed by atoms with van der Waals surface area (Å²) in [5, 5.41) is 3.15. The van der Waals surface area contributed by atoms with E-state index in [1.807, 2.05) is 6.07 Å². The number of nitrogens with one attached hydrogen (secondary N) is 1. The molecule has 142 valence electrons. The molecule has 1 N–H and O–H groups in total. The van der Waals surface area contributed by atoms with Gasteiger partial charge < -0.3 is 24.4 Å². The van der Waals surface area contributed by atoms with Gasteiger partial charge in [0.05, 0.1) is 19.3 Å². The molecule has 2 aromatic carbocycles. The minimum absolute atomic E-state index is 0.0872. The molecule has 1 atom stereocenters. The molecule has 2 amide bonds. The molecule has 0 unspecified atom stereocenters. The molecule has 1 aliphatic rings. The summed E-state index contributed by atoms with van der Waals surface area (Å²) >= 11 is 5.95. The topological polar surface area (TPSA) is 77.1 Å². The van der Waals surface area contributed by atoms with E-state index in [9.17, 15) is 9.59 Å². The lowest BCUT2D eigenvalue weighted by Crippen LogP contribution is -2.47. The molecule has 1 aliphatic heterocycles. The predicted octanol–water partition coefficient (Wildman–Crippen LogP) is 2.59. The van der Waals surface area contributed by atoms with Crippen molar-refractivity contribution in [2.24, 2.45) is 0 Å². The van der Waals surface area contributed by atoms with Gasteiger partial charge >= 0.3 is 0 Å². The maximum Gasteiger partial charge on any atom is 0.267 e. The number of rotatable bonds is 5. The molecule has 3 rings (SSSR count). The second-order valence-electron chi connectivity index (χ2n) is 5.95. The molecule has 0 saturated carbocycles. The Hall–Kier alpha value is -2.93. The van der Waals surface area contributed by atoms with E-state index in [-0.39, 0.29) is 25.0 Å². The van der Waals surface area contributed by atoms with Gasteiger partial charge in [0, 0.05) is 12.1 Å². The first-order chi connectivity index (χ1) is 13.0. The normalized spacial score (nSPS) is 15.0. The molecule has 0 aliphatic carbocycles. The summed E-state index contributed by atoms with van der Waals surface area (Å²) in [5.74, 6) is 0.835. The standard InChI is InChI=1S/C19H19ClN2O5/c1-22(10-18(23)21-13-9-12(20)7-8-14(13)25-2)19(24)17-11-26-15-5-3-4-6-16(15)27-17/h3-9,17H,10-11H2,1-2H3,(H,21,23)/t17-/m0/s1. The van der Waals surface area contributed by atoms with Crippen molar-refractivity contribution in [2.45, 2.75) is 6.10 Å². The molecule has 0 saturated heterocycles. The van der Waals surface area contributed by atoms with E-state index in [4.69, 9.17) is 25.8 Å². The highest BCUT2D eigenvalue weighted by Crippen LogP contribution is 2.31. The van der Waals surface area contributed by atoms with Crippen LogP contribution in [-0.4, -0.2) is 50.1 Å². The van der Waals surface area contributed by atoms with Crippen LogP contribution < -0.4 is 19.5 Å². The first kappa shape index (κ1) is 18.8. The third-order valence-electron chi connectivity index (χ3n) is 3.98. The number of anilines is 1. The van der Waals surface area contributed by atoms with E-state index in [1.54, 1.807) is 36.4 Å². The Morgan fingerprint density at radius 1 is 1.26 bits per heavy atom. The van der Waals surface area contributed by atoms with E-state index in [0.29, 0.717) is 28.0 Å². The number of methoxy groups -OCH3 is 1. The van der Waals surface area contributed by atoms with Crippen LogP contribution in [0.2, 0.25) is 5.02 Å². The lowest BCUT2D eigenvalue weighted by molar-refractivity contribution is -0.141. The summed E-state index contributed by atoms with van der Waals surface area (Å²) in [6.07, 6.45) is -0.807. The van der Waals surface area contributed by atoms with Crippen LogP contribution in [-0.2, 0) is 9.59 Å². The van der Waals surface area contributed by atoms with Crippen molar-refractivity contribution < 1.29 is 23.8 Å². The third kappa shape index (κ3) is 4.43. The predicted molar refractivity (Wildman–Crippen MR) is 101 cm³/mol. The highest BCUT2D eigenvalue weighted by molar-refractivity contribution is 6.31. The van der Waals surface area contributed by atoms with Gasteiger partial charge in [-0.1, -0.05) is 23.7 Å². The van der Waals surface area contributed by atoms with Gasteiger partial charge in [-0.3, -0.25) is 9.59 Å². The maximum absolute atomic E-state index is 12.6. The van der Waals surface area contributed by atoms with Gasteiger partial charge in [0.1, 0.15) is 12.4 Å². The van der Waals surface area contributed by atoms with Crippen molar-refractivity contribution >= 4 is 29.1 Å². The van der Waals surface area contributed by atoms with Crippen molar-refractivity contribution in [1.29, 1.82) is 0 Å². The average Bonchev–Trinajstić information content (AvgIpc) is 2.67. The van der Waals surface area contributed by atoms with Gasteiger partial charge in [0.15, 0.2) is 11.5 Å². The summed E-state index contributed by atoms with van der Waals surface area (Å²) in [6.45, 7) is -0.0695. The number of ether oxygens (including phenoxy) is 3. The zero-order valence-corrected chi connectivity index (χ0v) is 15.7. The minimum atomic E-state index is -0.807. The molecular weight excluding hydrogens is 372 g/mol. The number of nitrogens with zero attached hydrogens (tertiary/aromatic N) is 1. The SMILES string of the molecule is COc1ccc(Cl)cc1NC(=O)CN(C)C(=O)[C@@H]1COc2ccccc2O1. The fourth-order valence-electron chi connectivity index (χ4n) is 2.65. The molecule has 8 heteroatoms. The summed E-state index contributed by atoms with van der Waals surface area (Å²) in [5.41, 5.74) is 0.432. The number of hydrogen-bond acceptors (Lipinski definition) is 5. The van der Waals surface area contributed by atoms with E-state index in [1.165, 1.54) is 19.1 Å². The number of likely N-dealkylation sites (N-methyl/N-ethyl adjacent to an activating group) is 1. The largest absolute Gasteiger partial charge is 0.495 e. The smallest absolute Gasteiger partial charge is 0.267 e. The van der Waals surface area contributed by atoms with Crippen LogP contribution >= 0.6 is 11.6 Å². The third-order valence-corrected chi connectivity index (χ3v) is 4.21. The molecule has 1 heterocycles. The average molecular weight is 391 g/mol. The number of carbonyl (C=O) groups is 2. The Bertz CT molecular complexity index is 858. The molecule has 7 nitrogen and oxygen atoms in total. The molecule has 27 heavy (non-hydrogen) atoms. The fourth-order valence-corrected chi connectivity index (χ4v) is 2.82. The lowest BCUT2D eigenvalue weighted by Gasteiger charge is -2.28. The van der Waals surface area contributed by atoms with Gasteiger partial charge in [-0.25, -0.2) is 0 Å². The van der Waals surface area contributed by atoms with Crippen molar-refractivity contribution in [3.8, 4) is 17.2 Å². The second kappa shape index (κ2) is 8.18. The van der Waals surface area contributed by atoms with Gasteiger partial charge in [0.2, 0.25) is 12.0 Å². The first-order valence-corrected chi connectivity index (χ1v) is 8.62. The van der Waals surface area contributed by atoms with E-state index < -0.39 is 6.10 Å². The number of fused-ring (bicyclic) bond motifs is 1. The Morgan fingerprint density at radius 2 is 2.00 bits per heavy atom. The maximum atomic E-state index is 12.6. The van der Waals surface area contributed by atoms with E-state index in [2.05, 4.69) is 5.32 Å². The van der Waals surface area contributed by atoms with Crippen LogP contribution in [0.25, 0.3) is 0 Å². The van der Waals surface area contributed by atoms with Crippen LogP contribution in [0, 0.1) is 0 Å². The minimum Gasteiger partial charge on any atom is -0.495 e. The molecule has 0 spiro atoms. The van der Waals surface area contributed by atoms with Gasteiger partial charge in [-0.2, -0.15) is 0 Å². The van der Waals surface area contributed by atoms with Crippen LogP contribution in [0.15, 0.2) is 42.5 Å². The Balaban J connectivity index is 1.60. The van der Waals surface area contributed by atoms with Gasteiger partial charge in [0.25, 0.3) is 5.91 Å². The van der Waals surface area contributed by atoms with Crippen LogP contribution in [0.4, 0.5) is 5.69 Å².